The summed E-state index contributed by atoms with van der Waals surface area (Å²) >= 11 is 0. The third-order valence-corrected chi connectivity index (χ3v) is 3.15. The number of carbonyl (C=O) groups excluding carboxylic acids is 1. The van der Waals surface area contributed by atoms with Crippen LogP contribution >= 0.6 is 0 Å². The lowest BCUT2D eigenvalue weighted by molar-refractivity contribution is -0.108. The van der Waals surface area contributed by atoms with E-state index < -0.39 is 11.6 Å². The van der Waals surface area contributed by atoms with Gasteiger partial charge in [0.2, 0.25) is 0 Å². The molecule has 0 aliphatic heterocycles. The molecule has 1 nitrogen and oxygen atoms in total. The van der Waals surface area contributed by atoms with Gasteiger partial charge in [0.15, 0.2) is 11.6 Å². The van der Waals surface area contributed by atoms with Crippen LogP contribution in [0.1, 0.15) is 24.8 Å². The number of carbonyl (C=O) groups is 1. The first-order valence-corrected chi connectivity index (χ1v) is 6.11. The van der Waals surface area contributed by atoms with Crippen molar-refractivity contribution in [3.05, 3.63) is 59.7 Å². The monoisotopic (exact) mass is 260 g/mol. The molecular weight excluding hydrogens is 246 g/mol. The van der Waals surface area contributed by atoms with E-state index in [2.05, 4.69) is 0 Å². The van der Waals surface area contributed by atoms with Gasteiger partial charge in [0.1, 0.15) is 6.29 Å². The maximum atomic E-state index is 13.9. The van der Waals surface area contributed by atoms with E-state index in [1.54, 1.807) is 30.3 Å². The van der Waals surface area contributed by atoms with Gasteiger partial charge in [-0.15, -0.1) is 0 Å². The van der Waals surface area contributed by atoms with E-state index in [0.29, 0.717) is 17.5 Å². The van der Waals surface area contributed by atoms with Gasteiger partial charge in [-0.3, -0.25) is 0 Å². The number of rotatable bonds is 4. The van der Waals surface area contributed by atoms with Gasteiger partial charge in [-0.2, -0.15) is 0 Å². The van der Waals surface area contributed by atoms with Crippen LogP contribution in [-0.2, 0) is 4.79 Å². The van der Waals surface area contributed by atoms with Crippen LogP contribution in [0.3, 0.4) is 0 Å². The Labute approximate surface area is 110 Å². The molecule has 0 fully saturated rings. The largest absolute Gasteiger partial charge is 0.303 e. The average molecular weight is 260 g/mol. The Bertz CT molecular complexity index is 579. The highest BCUT2D eigenvalue weighted by Crippen LogP contribution is 2.29. The maximum Gasteiger partial charge on any atom is 0.166 e. The minimum Gasteiger partial charge on any atom is -0.303 e. The molecule has 0 bridgehead atoms. The minimum atomic E-state index is -0.880. The third kappa shape index (κ3) is 2.87. The summed E-state index contributed by atoms with van der Waals surface area (Å²) < 4.78 is 27.5. The van der Waals surface area contributed by atoms with E-state index in [1.165, 1.54) is 0 Å². The zero-order valence-corrected chi connectivity index (χ0v) is 10.6. The zero-order valence-electron chi connectivity index (χ0n) is 10.6. The molecule has 1 atom stereocenters. The lowest BCUT2D eigenvalue weighted by atomic mass is 9.94. The zero-order chi connectivity index (χ0) is 13.8. The van der Waals surface area contributed by atoms with Crippen LogP contribution in [0.15, 0.2) is 42.5 Å². The van der Waals surface area contributed by atoms with Crippen molar-refractivity contribution in [3.63, 3.8) is 0 Å². The van der Waals surface area contributed by atoms with E-state index in [1.807, 2.05) is 13.0 Å². The van der Waals surface area contributed by atoms with E-state index in [0.717, 1.165) is 12.4 Å². The Morgan fingerprint density at radius 3 is 2.47 bits per heavy atom. The fourth-order valence-corrected chi connectivity index (χ4v) is 2.00. The van der Waals surface area contributed by atoms with Gasteiger partial charge in [-0.25, -0.2) is 8.78 Å². The number of benzene rings is 2. The predicted octanol–water partition coefficient (Wildman–Crippen LogP) is 4.32. The molecule has 0 saturated carbocycles. The van der Waals surface area contributed by atoms with E-state index in [-0.39, 0.29) is 11.5 Å². The Balaban J connectivity index is 2.52. The summed E-state index contributed by atoms with van der Waals surface area (Å²) in [5, 5.41) is 0. The highest BCUT2D eigenvalue weighted by atomic mass is 19.2. The van der Waals surface area contributed by atoms with Crippen LogP contribution in [0.4, 0.5) is 8.78 Å². The second-order valence-electron chi connectivity index (χ2n) is 4.53. The van der Waals surface area contributed by atoms with Crippen LogP contribution in [-0.4, -0.2) is 6.29 Å². The van der Waals surface area contributed by atoms with Gasteiger partial charge in [-0.05, 0) is 29.2 Å². The Morgan fingerprint density at radius 2 is 1.84 bits per heavy atom. The van der Waals surface area contributed by atoms with Crippen molar-refractivity contribution in [1.82, 2.24) is 0 Å². The van der Waals surface area contributed by atoms with Gasteiger partial charge in [-0.1, -0.05) is 37.3 Å². The van der Waals surface area contributed by atoms with Crippen LogP contribution in [0, 0.1) is 11.6 Å². The molecule has 0 saturated heterocycles. The lowest BCUT2D eigenvalue weighted by Gasteiger charge is -2.12. The van der Waals surface area contributed by atoms with E-state index >= 15 is 0 Å². The van der Waals surface area contributed by atoms with Gasteiger partial charge in [0.25, 0.3) is 0 Å². The summed E-state index contributed by atoms with van der Waals surface area (Å²) in [6, 6.07) is 11.6. The summed E-state index contributed by atoms with van der Waals surface area (Å²) in [5.41, 5.74) is 1.48. The van der Waals surface area contributed by atoms with E-state index in [9.17, 15) is 13.6 Å². The first kappa shape index (κ1) is 13.4. The van der Waals surface area contributed by atoms with Gasteiger partial charge in [0, 0.05) is 12.0 Å². The Hall–Kier alpha value is -2.03. The lowest BCUT2D eigenvalue weighted by Crippen LogP contribution is -1.99. The number of halogens is 2. The summed E-state index contributed by atoms with van der Waals surface area (Å²) in [6.45, 7) is 1.82. The second kappa shape index (κ2) is 5.74. The molecule has 2 rings (SSSR count). The van der Waals surface area contributed by atoms with E-state index in [4.69, 9.17) is 0 Å². The molecule has 98 valence electrons. The molecular formula is C16H14F2O. The fraction of sp³-hybridized carbons (Fsp3) is 0.188. The molecule has 0 N–H and O–H groups in total. The molecule has 0 aromatic heterocycles. The molecule has 0 heterocycles. The number of hydrogen-bond donors (Lipinski definition) is 0. The van der Waals surface area contributed by atoms with Crippen molar-refractivity contribution >= 4 is 6.29 Å². The van der Waals surface area contributed by atoms with Crippen LogP contribution < -0.4 is 0 Å². The molecule has 19 heavy (non-hydrogen) atoms. The van der Waals surface area contributed by atoms with Crippen molar-refractivity contribution in [2.24, 2.45) is 0 Å². The van der Waals surface area contributed by atoms with Crippen molar-refractivity contribution in [1.29, 1.82) is 0 Å². The topological polar surface area (TPSA) is 17.1 Å². The molecule has 0 amide bonds. The molecule has 0 aliphatic carbocycles. The molecule has 2 aromatic carbocycles. The summed E-state index contributed by atoms with van der Waals surface area (Å²) in [5.74, 6) is -1.86. The summed E-state index contributed by atoms with van der Waals surface area (Å²) in [7, 11) is 0. The first-order chi connectivity index (χ1) is 9.13. The summed E-state index contributed by atoms with van der Waals surface area (Å²) in [6.07, 6.45) is 1.08. The molecule has 1 unspecified atom stereocenters. The van der Waals surface area contributed by atoms with Crippen LogP contribution in [0.25, 0.3) is 11.1 Å². The normalized spacial score (nSPS) is 12.2. The second-order valence-corrected chi connectivity index (χ2v) is 4.53. The fourth-order valence-electron chi connectivity index (χ4n) is 2.00. The number of aldehydes is 1. The summed E-state index contributed by atoms with van der Waals surface area (Å²) in [4.78, 5) is 10.5. The van der Waals surface area contributed by atoms with Gasteiger partial charge in [0.05, 0.1) is 0 Å². The highest BCUT2D eigenvalue weighted by Gasteiger charge is 2.15. The van der Waals surface area contributed by atoms with Crippen molar-refractivity contribution in [2.45, 2.75) is 19.3 Å². The molecule has 0 spiro atoms. The highest BCUT2D eigenvalue weighted by molar-refractivity contribution is 5.65. The van der Waals surface area contributed by atoms with Crippen molar-refractivity contribution in [2.75, 3.05) is 0 Å². The van der Waals surface area contributed by atoms with Gasteiger partial charge >= 0.3 is 0 Å². The molecule has 0 radical (unpaired) electrons. The van der Waals surface area contributed by atoms with Gasteiger partial charge < -0.3 is 4.79 Å². The molecule has 2 aromatic rings. The SMILES string of the molecule is CC(CC=O)c1cc(F)c(F)c(-c2ccccc2)c1. The molecule has 0 aliphatic rings. The van der Waals surface area contributed by atoms with Crippen LogP contribution in [0.2, 0.25) is 0 Å². The van der Waals surface area contributed by atoms with Crippen molar-refractivity contribution < 1.29 is 13.6 Å². The Kier molecular flexibility index (Phi) is 4.05. The minimum absolute atomic E-state index is 0.130. The average Bonchev–Trinajstić information content (AvgIpc) is 2.43. The smallest absolute Gasteiger partial charge is 0.166 e. The molecule has 3 heteroatoms. The van der Waals surface area contributed by atoms with Crippen molar-refractivity contribution in [3.8, 4) is 11.1 Å². The van der Waals surface area contributed by atoms with Crippen LogP contribution in [0.5, 0.6) is 0 Å². The first-order valence-electron chi connectivity index (χ1n) is 6.11. The Morgan fingerprint density at radius 1 is 1.16 bits per heavy atom. The standard InChI is InChI=1S/C16H14F2O/c1-11(7-8-19)13-9-14(16(18)15(17)10-13)12-5-3-2-4-6-12/h2-6,8-11H,7H2,1H3. The quantitative estimate of drug-likeness (QED) is 0.748. The maximum absolute atomic E-state index is 13.9. The number of hydrogen-bond acceptors (Lipinski definition) is 1. The third-order valence-electron chi connectivity index (χ3n) is 3.15. The predicted molar refractivity (Wildman–Crippen MR) is 70.9 cm³/mol.